The zero-order chi connectivity index (χ0) is 23.2. The maximum Gasteiger partial charge on any atom is 0.313 e. The Balaban J connectivity index is 1.59. The molecule has 8 nitrogen and oxygen atoms in total. The van der Waals surface area contributed by atoms with Gasteiger partial charge < -0.3 is 24.4 Å². The summed E-state index contributed by atoms with van der Waals surface area (Å²) in [7, 11) is 0. The molecule has 1 aromatic rings. The van der Waals surface area contributed by atoms with E-state index in [9.17, 15) is 19.5 Å². The largest absolute Gasteiger partial charge is 0.461 e. The maximum absolute atomic E-state index is 14.0. The van der Waals surface area contributed by atoms with E-state index in [2.05, 4.69) is 0 Å². The van der Waals surface area contributed by atoms with Crippen LogP contribution in [0.15, 0.2) is 54.6 Å². The fourth-order valence-electron chi connectivity index (χ4n) is 5.71. The van der Waals surface area contributed by atoms with E-state index < -0.39 is 41.6 Å². The first-order valence-electron chi connectivity index (χ1n) is 11.5. The summed E-state index contributed by atoms with van der Waals surface area (Å²) in [6.45, 7) is 2.45. The minimum absolute atomic E-state index is 0.129. The maximum atomic E-state index is 14.0. The highest BCUT2D eigenvalue weighted by molar-refractivity contribution is 5.99. The van der Waals surface area contributed by atoms with Gasteiger partial charge in [0.15, 0.2) is 0 Å². The van der Waals surface area contributed by atoms with Gasteiger partial charge in [0.2, 0.25) is 11.8 Å². The van der Waals surface area contributed by atoms with Crippen LogP contribution in [0.5, 0.6) is 0 Å². The van der Waals surface area contributed by atoms with E-state index in [1.807, 2.05) is 43.3 Å². The number of cyclic esters (lactones) is 1. The number of esters is 1. The predicted octanol–water partition coefficient (Wildman–Crippen LogP) is 1.05. The monoisotopic (exact) mass is 452 g/mol. The third kappa shape index (κ3) is 3.31. The van der Waals surface area contributed by atoms with E-state index in [0.717, 1.165) is 5.56 Å². The van der Waals surface area contributed by atoms with Crippen LogP contribution in [0.25, 0.3) is 0 Å². The van der Waals surface area contributed by atoms with Crippen LogP contribution in [0.1, 0.15) is 18.9 Å². The van der Waals surface area contributed by atoms with Gasteiger partial charge in [0.25, 0.3) is 0 Å². The Hall–Kier alpha value is -2.97. The highest BCUT2D eigenvalue weighted by atomic mass is 16.6. The van der Waals surface area contributed by atoms with Gasteiger partial charge in [0.1, 0.15) is 24.2 Å². The van der Waals surface area contributed by atoms with E-state index in [0.29, 0.717) is 19.5 Å². The topological polar surface area (TPSA) is 96.4 Å². The van der Waals surface area contributed by atoms with Crippen LogP contribution in [-0.2, 0) is 30.4 Å². The van der Waals surface area contributed by atoms with E-state index in [1.165, 1.54) is 4.90 Å². The molecule has 2 fully saturated rings. The molecule has 6 atom stereocenters. The SMILES string of the molecule is CC[C@@H](CO)N1C(=O)[C@@H]2[C@H]3C(=O)OCC=C[C@H]3O[C@@]23C=CCN(Cc2ccccc2)C(=O)C13. The second kappa shape index (κ2) is 8.43. The summed E-state index contributed by atoms with van der Waals surface area (Å²) in [4.78, 5) is 43.9. The molecule has 174 valence electrons. The Morgan fingerprint density at radius 3 is 2.67 bits per heavy atom. The summed E-state index contributed by atoms with van der Waals surface area (Å²) in [6.07, 6.45) is 6.94. The summed E-state index contributed by atoms with van der Waals surface area (Å²) < 4.78 is 11.8. The Morgan fingerprint density at radius 2 is 1.94 bits per heavy atom. The van der Waals surface area contributed by atoms with Gasteiger partial charge in [-0.15, -0.1) is 0 Å². The summed E-state index contributed by atoms with van der Waals surface area (Å²) in [6, 6.07) is 8.13. The summed E-state index contributed by atoms with van der Waals surface area (Å²) in [5.41, 5.74) is -0.320. The standard InChI is InChI=1S/C25H28N2O6/c1-2-17(15-28)27-21-23(30)26(14-16-8-4-3-5-9-16)12-7-11-25(21)20(22(27)29)19-18(33-25)10-6-13-32-24(19)31/h3-11,17-21,28H,2,12-15H2,1H3/t17-,18+,19-,20-,21?,25-/m0/s1. The molecular weight excluding hydrogens is 424 g/mol. The van der Waals surface area contributed by atoms with Crippen molar-refractivity contribution in [1.82, 2.24) is 9.80 Å². The molecule has 4 heterocycles. The first kappa shape index (κ1) is 21.9. The van der Waals surface area contributed by atoms with Crippen LogP contribution in [0.4, 0.5) is 0 Å². The second-order valence-electron chi connectivity index (χ2n) is 9.00. The van der Waals surface area contributed by atoms with Gasteiger partial charge in [-0.1, -0.05) is 55.5 Å². The van der Waals surface area contributed by atoms with Crippen LogP contribution >= 0.6 is 0 Å². The lowest BCUT2D eigenvalue weighted by molar-refractivity contribution is -0.155. The molecule has 0 saturated carbocycles. The molecule has 1 N–H and O–H groups in total. The van der Waals surface area contributed by atoms with E-state index in [1.54, 1.807) is 23.1 Å². The van der Waals surface area contributed by atoms with Gasteiger partial charge in [-0.3, -0.25) is 14.4 Å². The quantitative estimate of drug-likeness (QED) is 0.530. The lowest BCUT2D eigenvalue weighted by Crippen LogP contribution is -2.57. The van der Waals surface area contributed by atoms with Crippen molar-refractivity contribution in [2.45, 2.75) is 43.7 Å². The average molecular weight is 453 g/mol. The second-order valence-corrected chi connectivity index (χ2v) is 9.00. The molecule has 8 heteroatoms. The number of amides is 2. The van der Waals surface area contributed by atoms with Crippen molar-refractivity contribution in [3.05, 3.63) is 60.2 Å². The molecular formula is C25H28N2O6. The number of likely N-dealkylation sites (tertiary alicyclic amines) is 1. The summed E-state index contributed by atoms with van der Waals surface area (Å²) >= 11 is 0. The minimum atomic E-state index is -1.29. The highest BCUT2D eigenvalue weighted by Crippen LogP contribution is 2.53. The number of rotatable bonds is 5. The predicted molar refractivity (Wildman–Crippen MR) is 117 cm³/mol. The number of aliphatic hydroxyl groups is 1. The lowest BCUT2D eigenvalue weighted by atomic mass is 9.78. The highest BCUT2D eigenvalue weighted by Gasteiger charge is 2.72. The number of aliphatic hydroxyl groups excluding tert-OH is 1. The number of carbonyl (C=O) groups is 3. The molecule has 1 aromatic carbocycles. The number of fused-ring (bicyclic) bond motifs is 2. The Morgan fingerprint density at radius 1 is 1.15 bits per heavy atom. The molecule has 0 bridgehead atoms. The zero-order valence-electron chi connectivity index (χ0n) is 18.5. The third-order valence-electron chi connectivity index (χ3n) is 7.23. The number of hydrogen-bond donors (Lipinski definition) is 1. The van der Waals surface area contributed by atoms with Crippen LogP contribution in [-0.4, -0.2) is 76.2 Å². The number of benzene rings is 1. The zero-order valence-corrected chi connectivity index (χ0v) is 18.5. The van der Waals surface area contributed by atoms with Crippen molar-refractivity contribution in [3.63, 3.8) is 0 Å². The molecule has 33 heavy (non-hydrogen) atoms. The van der Waals surface area contributed by atoms with Crippen molar-refractivity contribution < 1.29 is 29.0 Å². The van der Waals surface area contributed by atoms with Crippen LogP contribution in [0.2, 0.25) is 0 Å². The molecule has 4 aliphatic rings. The van der Waals surface area contributed by atoms with E-state index >= 15 is 0 Å². The van der Waals surface area contributed by atoms with Gasteiger partial charge in [0.05, 0.1) is 24.7 Å². The molecule has 0 radical (unpaired) electrons. The molecule has 1 unspecified atom stereocenters. The number of hydrogen-bond acceptors (Lipinski definition) is 6. The molecule has 0 aliphatic carbocycles. The van der Waals surface area contributed by atoms with Gasteiger partial charge in [-0.2, -0.15) is 0 Å². The van der Waals surface area contributed by atoms with Crippen molar-refractivity contribution >= 4 is 17.8 Å². The smallest absolute Gasteiger partial charge is 0.313 e. The molecule has 4 aliphatic heterocycles. The summed E-state index contributed by atoms with van der Waals surface area (Å²) in [5.74, 6) is -2.82. The van der Waals surface area contributed by atoms with Crippen LogP contribution in [0.3, 0.4) is 0 Å². The van der Waals surface area contributed by atoms with Gasteiger partial charge in [-0.25, -0.2) is 0 Å². The van der Waals surface area contributed by atoms with Crippen LogP contribution < -0.4 is 0 Å². The first-order valence-corrected chi connectivity index (χ1v) is 11.5. The minimum Gasteiger partial charge on any atom is -0.461 e. The van der Waals surface area contributed by atoms with E-state index in [4.69, 9.17) is 9.47 Å². The Bertz CT molecular complexity index is 1000. The van der Waals surface area contributed by atoms with Crippen molar-refractivity contribution in [2.75, 3.05) is 19.8 Å². The first-order chi connectivity index (χ1) is 16.0. The summed E-state index contributed by atoms with van der Waals surface area (Å²) in [5, 5.41) is 10.1. The molecule has 1 spiro atoms. The number of ether oxygens (including phenoxy) is 2. The molecule has 2 amide bonds. The number of carbonyl (C=O) groups excluding carboxylic acids is 3. The molecule has 0 aromatic heterocycles. The van der Waals surface area contributed by atoms with Gasteiger partial charge in [0, 0.05) is 13.1 Å². The van der Waals surface area contributed by atoms with Crippen molar-refractivity contribution in [2.24, 2.45) is 11.8 Å². The molecule has 2 saturated heterocycles. The molecule has 5 rings (SSSR count). The Kier molecular flexibility index (Phi) is 5.58. The van der Waals surface area contributed by atoms with Crippen molar-refractivity contribution in [3.8, 4) is 0 Å². The van der Waals surface area contributed by atoms with E-state index in [-0.39, 0.29) is 25.0 Å². The van der Waals surface area contributed by atoms with Crippen molar-refractivity contribution in [1.29, 1.82) is 0 Å². The third-order valence-corrected chi connectivity index (χ3v) is 7.23. The Labute approximate surface area is 192 Å². The average Bonchev–Trinajstić information content (AvgIpc) is 3.13. The number of nitrogens with zero attached hydrogens (tertiary/aromatic N) is 2. The normalized spacial score (nSPS) is 33.8. The fraction of sp³-hybridized carbons (Fsp3) is 0.480. The van der Waals surface area contributed by atoms with Crippen LogP contribution in [0, 0.1) is 11.8 Å². The van der Waals surface area contributed by atoms with Gasteiger partial charge >= 0.3 is 5.97 Å². The fourth-order valence-corrected chi connectivity index (χ4v) is 5.71. The van der Waals surface area contributed by atoms with Gasteiger partial charge in [-0.05, 0) is 18.1 Å². The lowest BCUT2D eigenvalue weighted by Gasteiger charge is -2.38.